The fraction of sp³-hybridized carbons (Fsp3) is 0.667. The highest BCUT2D eigenvalue weighted by Crippen LogP contribution is 2.19. The van der Waals surface area contributed by atoms with Gasteiger partial charge in [-0.05, 0) is 11.5 Å². The number of hydrogen-bond donors (Lipinski definition) is 0. The Morgan fingerprint density at radius 2 is 2.33 bits per heavy atom. The van der Waals surface area contributed by atoms with Crippen LogP contribution in [0.15, 0.2) is 5.36 Å². The van der Waals surface area contributed by atoms with Crippen molar-refractivity contribution in [1.82, 2.24) is 9.59 Å². The largest absolute Gasteiger partial charge is 0.143 e. The van der Waals surface area contributed by atoms with E-state index in [1.54, 1.807) is 0 Å². The summed E-state index contributed by atoms with van der Waals surface area (Å²) in [6.45, 7) is 6.09. The first kappa shape index (κ1) is 5.35. The molecule has 0 saturated carbocycles. The minimum Gasteiger partial charge on any atom is -0.143 e. The van der Waals surface area contributed by atoms with Gasteiger partial charge in [-0.15, -0.1) is 5.10 Å². The lowest BCUT2D eigenvalue weighted by Gasteiger charge is -2.12. The summed E-state index contributed by atoms with van der Waals surface area (Å²) in [5, 5.41) is 4.35. The molecule has 3 heteroatoms. The molecule has 1 aromatic heterocycles. The molecule has 0 aliphatic heterocycles. The van der Waals surface area contributed by atoms with Crippen LogP contribution in [0.4, 0.5) is 0 Å². The van der Waals surface area contributed by atoms with Gasteiger partial charge in [0.1, 0.15) is 0 Å². The molecule has 0 atom stereocenters. The van der Waals surface area contributed by atoms with E-state index >= 15 is 0 Å². The molecule has 0 saturated heterocycles. The van der Waals surface area contributed by atoms with Gasteiger partial charge in [-0.2, -0.15) is 0 Å². The average Bonchev–Trinajstić information content (AvgIpc) is 2.11. The highest BCUT2D eigenvalue weighted by atomic mass is 32.1. The molecule has 50 valence electrons. The minimum atomic E-state index is -0.0376. The summed E-state index contributed by atoms with van der Waals surface area (Å²) < 4.78 is 11.1. The molecule has 0 spiro atoms. The number of rotatable bonds is 0. The first-order valence-corrected chi connectivity index (χ1v) is 3.58. The maximum absolute atomic E-state index is 7.40. The number of nitrogens with zero attached hydrogens (tertiary/aromatic N) is 2. The fourth-order valence-corrected chi connectivity index (χ4v) is 1.05. The Morgan fingerprint density at radius 3 is 2.56 bits per heavy atom. The third kappa shape index (κ3) is 1.48. The van der Waals surface area contributed by atoms with E-state index in [4.69, 9.17) is 1.37 Å². The Morgan fingerprint density at radius 1 is 1.67 bits per heavy atom. The lowest BCUT2D eigenvalue weighted by Crippen LogP contribution is -2.11. The smallest absolute Gasteiger partial charge is 0.0808 e. The van der Waals surface area contributed by atoms with Crippen molar-refractivity contribution in [2.45, 2.75) is 26.2 Å². The Balaban J connectivity index is 3.05. The van der Waals surface area contributed by atoms with Crippen LogP contribution in [0.2, 0.25) is 0 Å². The molecule has 2 nitrogen and oxygen atoms in total. The molecule has 0 fully saturated rings. The summed E-state index contributed by atoms with van der Waals surface area (Å²) in [6, 6.07) is 0. The van der Waals surface area contributed by atoms with Gasteiger partial charge in [0.2, 0.25) is 0 Å². The summed E-state index contributed by atoms with van der Waals surface area (Å²) in [5.41, 5.74) is 0.752. The van der Waals surface area contributed by atoms with Crippen molar-refractivity contribution in [3.05, 3.63) is 11.1 Å². The Bertz CT molecular complexity index is 226. The van der Waals surface area contributed by atoms with Crippen LogP contribution < -0.4 is 0 Å². The van der Waals surface area contributed by atoms with E-state index in [9.17, 15) is 0 Å². The SMILES string of the molecule is [2H]c1snnc1C(C)(C)C. The average molecular weight is 143 g/mol. The lowest BCUT2D eigenvalue weighted by molar-refractivity contribution is 0.567. The lowest BCUT2D eigenvalue weighted by atomic mass is 9.94. The summed E-state index contributed by atoms with van der Waals surface area (Å²) in [7, 11) is 0. The molecule has 0 aliphatic rings. The molecule has 9 heavy (non-hydrogen) atoms. The molecule has 1 aromatic rings. The molecule has 0 N–H and O–H groups in total. The summed E-state index contributed by atoms with van der Waals surface area (Å²) >= 11 is 1.14. The molecule has 0 bridgehead atoms. The first-order chi connectivity index (χ1) is 4.52. The normalized spacial score (nSPS) is 13.4. The van der Waals surface area contributed by atoms with Gasteiger partial charge >= 0.3 is 0 Å². The Kier molecular flexibility index (Phi) is 1.23. The fourth-order valence-electron chi connectivity index (χ4n) is 0.448. The van der Waals surface area contributed by atoms with Crippen LogP contribution in [0.25, 0.3) is 0 Å². The zero-order valence-electron chi connectivity index (χ0n) is 6.80. The van der Waals surface area contributed by atoms with Gasteiger partial charge in [0.15, 0.2) is 0 Å². The van der Waals surface area contributed by atoms with Gasteiger partial charge in [0, 0.05) is 10.8 Å². The van der Waals surface area contributed by atoms with Crippen LogP contribution in [-0.2, 0) is 5.41 Å². The van der Waals surface area contributed by atoms with Crippen LogP contribution >= 0.6 is 11.5 Å². The predicted octanol–water partition coefficient (Wildman–Crippen LogP) is 1.84. The standard InChI is InChI=1S/C6H10N2S/c1-6(2,3)5-4-9-8-7-5/h4H,1-3H3/i4D. The molecular formula is C6H10N2S. The maximum atomic E-state index is 7.40. The molecule has 0 amide bonds. The second-order valence-corrected chi connectivity index (χ2v) is 3.52. The quantitative estimate of drug-likeness (QED) is 0.553. The van der Waals surface area contributed by atoms with Crippen molar-refractivity contribution in [2.75, 3.05) is 0 Å². The van der Waals surface area contributed by atoms with E-state index in [-0.39, 0.29) is 5.41 Å². The van der Waals surface area contributed by atoms with E-state index in [2.05, 4.69) is 9.59 Å². The van der Waals surface area contributed by atoms with Crippen LogP contribution in [0.1, 0.15) is 27.8 Å². The van der Waals surface area contributed by atoms with E-state index in [1.807, 2.05) is 20.8 Å². The number of aromatic nitrogens is 2. The van der Waals surface area contributed by atoms with Crippen LogP contribution in [0.3, 0.4) is 0 Å². The van der Waals surface area contributed by atoms with Crippen molar-refractivity contribution in [3.63, 3.8) is 0 Å². The zero-order chi connectivity index (χ0) is 7.78. The van der Waals surface area contributed by atoms with E-state index in [1.165, 1.54) is 0 Å². The van der Waals surface area contributed by atoms with Crippen LogP contribution in [-0.4, -0.2) is 9.59 Å². The maximum Gasteiger partial charge on any atom is 0.0808 e. The van der Waals surface area contributed by atoms with Crippen molar-refractivity contribution in [2.24, 2.45) is 0 Å². The second kappa shape index (κ2) is 2.06. The molecule has 0 aliphatic carbocycles. The van der Waals surface area contributed by atoms with Crippen molar-refractivity contribution in [3.8, 4) is 0 Å². The third-order valence-corrected chi connectivity index (χ3v) is 1.48. The van der Waals surface area contributed by atoms with Gasteiger partial charge in [-0.25, -0.2) is 0 Å². The molecule has 1 heterocycles. The van der Waals surface area contributed by atoms with Crippen LogP contribution in [0.5, 0.6) is 0 Å². The Hall–Kier alpha value is -0.440. The predicted molar refractivity (Wildman–Crippen MR) is 38.6 cm³/mol. The third-order valence-electron chi connectivity index (χ3n) is 1.03. The van der Waals surface area contributed by atoms with Crippen LogP contribution in [0, 0.1) is 0 Å². The summed E-state index contributed by atoms with van der Waals surface area (Å²) in [5.74, 6) is 0. The van der Waals surface area contributed by atoms with Gasteiger partial charge in [-0.1, -0.05) is 25.3 Å². The van der Waals surface area contributed by atoms with Gasteiger partial charge in [0.05, 0.1) is 7.06 Å². The van der Waals surface area contributed by atoms with Crippen molar-refractivity contribution < 1.29 is 1.37 Å². The number of hydrogen-bond acceptors (Lipinski definition) is 3. The molecule has 1 rings (SSSR count). The van der Waals surface area contributed by atoms with Gasteiger partial charge in [0.25, 0.3) is 0 Å². The first-order valence-electron chi connectivity index (χ1n) is 3.31. The second-order valence-electron chi connectivity index (χ2n) is 2.97. The molecule has 0 aromatic carbocycles. The van der Waals surface area contributed by atoms with E-state index in [0.717, 1.165) is 17.2 Å². The molecular weight excluding hydrogens is 132 g/mol. The van der Waals surface area contributed by atoms with Crippen molar-refractivity contribution in [1.29, 1.82) is 0 Å². The highest BCUT2D eigenvalue weighted by Gasteiger charge is 2.15. The van der Waals surface area contributed by atoms with Gasteiger partial charge < -0.3 is 0 Å². The summed E-state index contributed by atoms with van der Waals surface area (Å²) in [4.78, 5) is 0. The summed E-state index contributed by atoms with van der Waals surface area (Å²) in [6.07, 6.45) is 0. The highest BCUT2D eigenvalue weighted by molar-refractivity contribution is 7.03. The minimum absolute atomic E-state index is 0.0376. The van der Waals surface area contributed by atoms with Gasteiger partial charge in [-0.3, -0.25) is 0 Å². The Labute approximate surface area is 60.5 Å². The topological polar surface area (TPSA) is 25.8 Å². The molecule has 0 unspecified atom stereocenters. The zero-order valence-corrected chi connectivity index (χ0v) is 6.62. The monoisotopic (exact) mass is 143 g/mol. The van der Waals surface area contributed by atoms with E-state index in [0.29, 0.717) is 5.36 Å². The van der Waals surface area contributed by atoms with E-state index < -0.39 is 0 Å². The molecule has 0 radical (unpaired) electrons. The van der Waals surface area contributed by atoms with Crippen molar-refractivity contribution >= 4 is 11.5 Å².